The molecular weight excluding hydrogens is 144 g/mol. The lowest BCUT2D eigenvalue weighted by Crippen LogP contribution is -1.44. The zero-order valence-corrected chi connectivity index (χ0v) is 6.21. The number of imidazole rings is 1. The van der Waals surface area contributed by atoms with Crippen molar-refractivity contribution >= 4 is 11.3 Å². The first-order valence-corrected chi connectivity index (χ1v) is 3.84. The van der Waals surface area contributed by atoms with E-state index in [1.807, 2.05) is 22.9 Å². The van der Waals surface area contributed by atoms with E-state index in [1.165, 1.54) is 0 Å². The quantitative estimate of drug-likeness (QED) is 0.615. The lowest BCUT2D eigenvalue weighted by molar-refractivity contribution is 1.31. The molecule has 2 aromatic rings. The summed E-state index contributed by atoms with van der Waals surface area (Å²) in [5.74, 6) is 0. The molecule has 0 unspecified atom stereocenters. The SMILES string of the molecule is c1c[nH]cn1.c1ccsc1. The Hall–Kier alpha value is -1.09. The number of thiophene rings is 1. The molecule has 0 aliphatic heterocycles. The van der Waals surface area contributed by atoms with Gasteiger partial charge in [0.15, 0.2) is 0 Å². The van der Waals surface area contributed by atoms with E-state index in [0.717, 1.165) is 0 Å². The number of nitrogens with one attached hydrogen (secondary N) is 1. The van der Waals surface area contributed by atoms with E-state index in [4.69, 9.17) is 0 Å². The van der Waals surface area contributed by atoms with Crippen LogP contribution in [0.15, 0.2) is 41.6 Å². The normalized spacial score (nSPS) is 8.00. The average molecular weight is 152 g/mol. The van der Waals surface area contributed by atoms with Gasteiger partial charge >= 0.3 is 0 Å². The van der Waals surface area contributed by atoms with Crippen molar-refractivity contribution in [3.05, 3.63) is 41.6 Å². The van der Waals surface area contributed by atoms with Crippen molar-refractivity contribution in [2.75, 3.05) is 0 Å². The highest BCUT2D eigenvalue weighted by Crippen LogP contribution is 1.91. The van der Waals surface area contributed by atoms with Gasteiger partial charge in [-0.3, -0.25) is 0 Å². The van der Waals surface area contributed by atoms with E-state index < -0.39 is 0 Å². The second-order valence-electron chi connectivity index (χ2n) is 1.55. The van der Waals surface area contributed by atoms with E-state index >= 15 is 0 Å². The van der Waals surface area contributed by atoms with Gasteiger partial charge in [-0.05, 0) is 10.8 Å². The maximum Gasteiger partial charge on any atom is 0.0919 e. The summed E-state index contributed by atoms with van der Waals surface area (Å²) in [6.45, 7) is 0. The predicted octanol–water partition coefficient (Wildman–Crippen LogP) is 2.16. The number of rotatable bonds is 0. The highest BCUT2D eigenvalue weighted by Gasteiger charge is 1.58. The van der Waals surface area contributed by atoms with Crippen LogP contribution < -0.4 is 0 Å². The Morgan fingerprint density at radius 2 is 2.00 bits per heavy atom. The second-order valence-corrected chi connectivity index (χ2v) is 2.37. The van der Waals surface area contributed by atoms with Crippen LogP contribution in [-0.4, -0.2) is 9.97 Å². The molecule has 1 N–H and O–H groups in total. The molecular formula is C7H8N2S. The van der Waals surface area contributed by atoms with Crippen LogP contribution in [0.1, 0.15) is 0 Å². The molecule has 0 bridgehead atoms. The van der Waals surface area contributed by atoms with Crippen LogP contribution in [0.5, 0.6) is 0 Å². The van der Waals surface area contributed by atoms with Crippen molar-refractivity contribution in [2.45, 2.75) is 0 Å². The topological polar surface area (TPSA) is 28.7 Å². The van der Waals surface area contributed by atoms with Gasteiger partial charge in [-0.2, -0.15) is 11.3 Å². The highest BCUT2D eigenvalue weighted by atomic mass is 32.1. The fourth-order valence-electron chi connectivity index (χ4n) is 0.442. The molecule has 0 saturated heterocycles. The third-order valence-electron chi connectivity index (χ3n) is 0.831. The van der Waals surface area contributed by atoms with Crippen molar-refractivity contribution in [2.24, 2.45) is 0 Å². The van der Waals surface area contributed by atoms with Crippen LogP contribution in [0.4, 0.5) is 0 Å². The van der Waals surface area contributed by atoms with E-state index in [9.17, 15) is 0 Å². The van der Waals surface area contributed by atoms with Crippen molar-refractivity contribution in [1.29, 1.82) is 0 Å². The smallest absolute Gasteiger partial charge is 0.0919 e. The molecule has 0 radical (unpaired) electrons. The molecule has 2 heterocycles. The summed E-state index contributed by atoms with van der Waals surface area (Å²) in [6, 6.07) is 4.04. The van der Waals surface area contributed by atoms with Gasteiger partial charge in [-0.15, -0.1) is 0 Å². The van der Waals surface area contributed by atoms with Gasteiger partial charge in [0.05, 0.1) is 6.33 Å². The van der Waals surface area contributed by atoms with Crippen LogP contribution in [0.2, 0.25) is 0 Å². The van der Waals surface area contributed by atoms with Crippen LogP contribution in [0.25, 0.3) is 0 Å². The molecule has 0 aromatic carbocycles. The maximum absolute atomic E-state index is 3.67. The molecule has 3 heteroatoms. The van der Waals surface area contributed by atoms with Gasteiger partial charge < -0.3 is 4.98 Å². The fraction of sp³-hybridized carbons (Fsp3) is 0. The van der Waals surface area contributed by atoms with Gasteiger partial charge in [0.2, 0.25) is 0 Å². The lowest BCUT2D eigenvalue weighted by Gasteiger charge is -1.46. The van der Waals surface area contributed by atoms with E-state index in [2.05, 4.69) is 9.97 Å². The summed E-state index contributed by atoms with van der Waals surface area (Å²) in [6.07, 6.45) is 5.08. The molecule has 0 amide bonds. The van der Waals surface area contributed by atoms with Crippen LogP contribution in [0, 0.1) is 0 Å². The minimum Gasteiger partial charge on any atom is -0.351 e. The number of H-pyrrole nitrogens is 1. The third-order valence-corrected chi connectivity index (χ3v) is 1.46. The summed E-state index contributed by atoms with van der Waals surface area (Å²) < 4.78 is 0. The number of nitrogens with zero attached hydrogens (tertiary/aromatic N) is 1. The molecule has 0 fully saturated rings. The molecule has 0 atom stereocenters. The first-order chi connectivity index (χ1) is 5.00. The van der Waals surface area contributed by atoms with Crippen LogP contribution in [-0.2, 0) is 0 Å². The number of aromatic nitrogens is 2. The molecule has 0 spiro atoms. The van der Waals surface area contributed by atoms with Gasteiger partial charge in [0, 0.05) is 12.4 Å². The van der Waals surface area contributed by atoms with Crippen molar-refractivity contribution in [3.63, 3.8) is 0 Å². The first-order valence-electron chi connectivity index (χ1n) is 2.90. The van der Waals surface area contributed by atoms with Crippen molar-refractivity contribution in [3.8, 4) is 0 Å². The summed E-state index contributed by atoms with van der Waals surface area (Å²) in [5.41, 5.74) is 0. The summed E-state index contributed by atoms with van der Waals surface area (Å²) in [7, 11) is 0. The monoisotopic (exact) mass is 152 g/mol. The number of hydrogen-bond acceptors (Lipinski definition) is 2. The Balaban J connectivity index is 0.0000001000. The second kappa shape index (κ2) is 4.76. The molecule has 0 aliphatic rings. The van der Waals surface area contributed by atoms with Gasteiger partial charge in [0.25, 0.3) is 0 Å². The lowest BCUT2D eigenvalue weighted by atomic mass is 10.7. The summed E-state index contributed by atoms with van der Waals surface area (Å²) in [4.78, 5) is 6.42. The molecule has 2 aromatic heterocycles. The molecule has 2 nitrogen and oxygen atoms in total. The molecule has 0 saturated carbocycles. The van der Waals surface area contributed by atoms with E-state index in [1.54, 1.807) is 30.1 Å². The van der Waals surface area contributed by atoms with Crippen molar-refractivity contribution in [1.82, 2.24) is 9.97 Å². The standard InChI is InChI=1S/C4H4S.C3H4N2/c1-2-4-5-3-1;1-2-5-3-4-1/h1-4H;1-3H,(H,4,5). The van der Waals surface area contributed by atoms with Crippen molar-refractivity contribution < 1.29 is 0 Å². The van der Waals surface area contributed by atoms with Gasteiger partial charge in [0.1, 0.15) is 0 Å². The largest absolute Gasteiger partial charge is 0.351 e. The Bertz CT molecular complexity index is 151. The Kier molecular flexibility index (Phi) is 3.34. The van der Waals surface area contributed by atoms with Gasteiger partial charge in [-0.25, -0.2) is 4.98 Å². The average Bonchev–Trinajstić information content (AvgIpc) is 2.67. The molecule has 10 heavy (non-hydrogen) atoms. The minimum absolute atomic E-state index is 1.62. The zero-order chi connectivity index (χ0) is 7.07. The number of hydrogen-bond donors (Lipinski definition) is 1. The van der Waals surface area contributed by atoms with Gasteiger partial charge in [-0.1, -0.05) is 12.1 Å². The first kappa shape index (κ1) is 7.02. The van der Waals surface area contributed by atoms with Crippen LogP contribution >= 0.6 is 11.3 Å². The Morgan fingerprint density at radius 3 is 2.20 bits per heavy atom. The zero-order valence-electron chi connectivity index (χ0n) is 5.40. The highest BCUT2D eigenvalue weighted by molar-refractivity contribution is 7.07. The molecule has 0 aliphatic carbocycles. The minimum atomic E-state index is 1.62. The fourth-order valence-corrected chi connectivity index (χ4v) is 0.896. The van der Waals surface area contributed by atoms with E-state index in [0.29, 0.717) is 0 Å². The third kappa shape index (κ3) is 3.04. The maximum atomic E-state index is 3.67. The summed E-state index contributed by atoms with van der Waals surface area (Å²) >= 11 is 1.71. The molecule has 52 valence electrons. The Morgan fingerprint density at radius 1 is 1.20 bits per heavy atom. The Labute approximate surface area is 63.6 Å². The summed E-state index contributed by atoms with van der Waals surface area (Å²) in [5, 5.41) is 4.08. The van der Waals surface area contributed by atoms with Crippen LogP contribution in [0.3, 0.4) is 0 Å². The number of aromatic amines is 1. The predicted molar refractivity (Wildman–Crippen MR) is 42.9 cm³/mol. The molecule has 2 rings (SSSR count). The van der Waals surface area contributed by atoms with E-state index in [-0.39, 0.29) is 0 Å².